The van der Waals surface area contributed by atoms with Crippen LogP contribution in [0.4, 0.5) is 0 Å². The Bertz CT molecular complexity index is 593. The van der Waals surface area contributed by atoms with Crippen LogP contribution in [0.15, 0.2) is 0 Å². The lowest BCUT2D eigenvalue weighted by Crippen LogP contribution is -2.73. The van der Waals surface area contributed by atoms with E-state index < -0.39 is 0 Å². The quantitative estimate of drug-likeness (QED) is 0.739. The van der Waals surface area contributed by atoms with Crippen LogP contribution in [0.2, 0.25) is 0 Å². The molecule has 3 saturated heterocycles. The minimum Gasteiger partial charge on any atom is -0.342 e. The molecule has 28 heavy (non-hydrogen) atoms. The van der Waals surface area contributed by atoms with E-state index in [0.29, 0.717) is 11.3 Å². The number of hydrogen-bond acceptors (Lipinski definition) is 3. The molecule has 0 unspecified atom stereocenters. The SMILES string of the molecule is CC(C)C(=O)N1CCC(N2CC3(CC(N4CC5(CC(C(C)C)C5)C4)C3)C2)CC1. The zero-order valence-corrected chi connectivity index (χ0v) is 18.6. The number of hydrogen-bond donors (Lipinski definition) is 0. The Morgan fingerprint density at radius 1 is 0.786 bits per heavy atom. The normalized spacial score (nSPS) is 31.1. The predicted molar refractivity (Wildman–Crippen MR) is 113 cm³/mol. The van der Waals surface area contributed by atoms with Gasteiger partial charge in [0.05, 0.1) is 0 Å². The summed E-state index contributed by atoms with van der Waals surface area (Å²) in [5.41, 5.74) is 1.41. The van der Waals surface area contributed by atoms with E-state index in [4.69, 9.17) is 0 Å². The molecule has 2 saturated carbocycles. The summed E-state index contributed by atoms with van der Waals surface area (Å²) in [5.74, 6) is 2.40. The molecule has 3 heterocycles. The second-order valence-corrected chi connectivity index (χ2v) is 12.0. The first kappa shape index (κ1) is 19.4. The van der Waals surface area contributed by atoms with Gasteiger partial charge in [-0.3, -0.25) is 14.6 Å². The summed E-state index contributed by atoms with van der Waals surface area (Å²) in [7, 11) is 0. The van der Waals surface area contributed by atoms with E-state index in [2.05, 4.69) is 28.5 Å². The summed E-state index contributed by atoms with van der Waals surface area (Å²) in [6.45, 7) is 16.3. The van der Waals surface area contributed by atoms with E-state index in [1.807, 2.05) is 13.8 Å². The second-order valence-electron chi connectivity index (χ2n) is 12.0. The molecule has 2 spiro atoms. The van der Waals surface area contributed by atoms with Gasteiger partial charge in [0, 0.05) is 57.3 Å². The van der Waals surface area contributed by atoms with Crippen LogP contribution < -0.4 is 0 Å². The number of amides is 1. The highest BCUT2D eigenvalue weighted by Crippen LogP contribution is 2.59. The Kier molecular flexibility index (Phi) is 4.63. The molecule has 4 heteroatoms. The van der Waals surface area contributed by atoms with Crippen molar-refractivity contribution in [1.82, 2.24) is 14.7 Å². The molecule has 5 aliphatic rings. The van der Waals surface area contributed by atoms with Gasteiger partial charge in [-0.15, -0.1) is 0 Å². The average molecular weight is 388 g/mol. The van der Waals surface area contributed by atoms with Gasteiger partial charge in [-0.2, -0.15) is 0 Å². The van der Waals surface area contributed by atoms with Crippen LogP contribution in [-0.2, 0) is 4.79 Å². The van der Waals surface area contributed by atoms with Crippen LogP contribution in [0.5, 0.6) is 0 Å². The van der Waals surface area contributed by atoms with Crippen LogP contribution in [0.25, 0.3) is 0 Å². The van der Waals surface area contributed by atoms with E-state index >= 15 is 0 Å². The van der Waals surface area contributed by atoms with Crippen molar-refractivity contribution in [3.8, 4) is 0 Å². The van der Waals surface area contributed by atoms with Crippen molar-refractivity contribution in [2.45, 2.75) is 78.3 Å². The van der Waals surface area contributed by atoms with Crippen molar-refractivity contribution in [2.75, 3.05) is 39.3 Å². The number of carbonyl (C=O) groups is 1. The minimum absolute atomic E-state index is 0.146. The van der Waals surface area contributed by atoms with Crippen molar-refractivity contribution in [3.63, 3.8) is 0 Å². The maximum Gasteiger partial charge on any atom is 0.225 e. The van der Waals surface area contributed by atoms with Crippen LogP contribution in [0.1, 0.15) is 66.2 Å². The third-order valence-electron chi connectivity index (χ3n) is 9.13. The molecule has 3 aliphatic heterocycles. The molecule has 158 valence electrons. The molecule has 0 aromatic carbocycles. The lowest BCUT2D eigenvalue weighted by atomic mass is 9.53. The molecule has 0 atom stereocenters. The summed E-state index contributed by atoms with van der Waals surface area (Å²) < 4.78 is 0. The van der Waals surface area contributed by atoms with Crippen LogP contribution in [-0.4, -0.2) is 72.0 Å². The topological polar surface area (TPSA) is 26.8 Å². The number of nitrogens with zero attached hydrogens (tertiary/aromatic N) is 3. The summed E-state index contributed by atoms with van der Waals surface area (Å²) in [6, 6.07) is 1.63. The molecule has 5 fully saturated rings. The van der Waals surface area contributed by atoms with Gasteiger partial charge < -0.3 is 4.90 Å². The van der Waals surface area contributed by atoms with E-state index in [-0.39, 0.29) is 5.92 Å². The van der Waals surface area contributed by atoms with Crippen molar-refractivity contribution in [2.24, 2.45) is 28.6 Å². The number of carbonyl (C=O) groups excluding carboxylic acids is 1. The van der Waals surface area contributed by atoms with Gasteiger partial charge in [0.25, 0.3) is 0 Å². The molecule has 5 rings (SSSR count). The smallest absolute Gasteiger partial charge is 0.225 e. The van der Waals surface area contributed by atoms with Gasteiger partial charge in [0.2, 0.25) is 5.91 Å². The highest BCUT2D eigenvalue weighted by molar-refractivity contribution is 5.78. The highest BCUT2D eigenvalue weighted by Gasteiger charge is 2.60. The Morgan fingerprint density at radius 2 is 1.29 bits per heavy atom. The zero-order chi connectivity index (χ0) is 19.7. The molecule has 0 aromatic heterocycles. The summed E-state index contributed by atoms with van der Waals surface area (Å²) in [6.07, 6.45) is 8.29. The fourth-order valence-electron chi connectivity index (χ4n) is 7.20. The summed E-state index contributed by atoms with van der Waals surface area (Å²) in [5, 5.41) is 0. The van der Waals surface area contributed by atoms with Crippen molar-refractivity contribution in [1.29, 1.82) is 0 Å². The third kappa shape index (κ3) is 3.14. The maximum atomic E-state index is 12.2. The molecule has 0 N–H and O–H groups in total. The highest BCUT2D eigenvalue weighted by atomic mass is 16.2. The molecule has 0 radical (unpaired) electrons. The maximum absolute atomic E-state index is 12.2. The first-order valence-electron chi connectivity index (χ1n) is 12.1. The fraction of sp³-hybridized carbons (Fsp3) is 0.958. The van der Waals surface area contributed by atoms with Gasteiger partial charge in [-0.05, 0) is 61.2 Å². The molecule has 2 aliphatic carbocycles. The standard InChI is InChI=1S/C24H41N3O/c1-17(2)19-9-23(10-19)13-27(14-23)21-11-24(12-21)15-26(16-24)20-5-7-25(8-6-20)22(28)18(3)4/h17-21H,5-16H2,1-4H3. The molecule has 0 aromatic rings. The predicted octanol–water partition coefficient (Wildman–Crippen LogP) is 3.47. The van der Waals surface area contributed by atoms with E-state index in [9.17, 15) is 4.79 Å². The van der Waals surface area contributed by atoms with Crippen LogP contribution in [0.3, 0.4) is 0 Å². The monoisotopic (exact) mass is 387 g/mol. The largest absolute Gasteiger partial charge is 0.342 e. The average Bonchev–Trinajstić information content (AvgIpc) is 2.51. The third-order valence-corrected chi connectivity index (χ3v) is 9.13. The zero-order valence-electron chi connectivity index (χ0n) is 18.6. The van der Waals surface area contributed by atoms with Crippen LogP contribution >= 0.6 is 0 Å². The Hall–Kier alpha value is -0.610. The summed E-state index contributed by atoms with van der Waals surface area (Å²) in [4.78, 5) is 19.8. The van der Waals surface area contributed by atoms with E-state index in [0.717, 1.165) is 42.4 Å². The lowest BCUT2D eigenvalue weighted by molar-refractivity contribution is -0.186. The van der Waals surface area contributed by atoms with Gasteiger partial charge in [-0.1, -0.05) is 27.7 Å². The Balaban J connectivity index is 1.01. The molecular weight excluding hydrogens is 346 g/mol. The number of rotatable bonds is 4. The molecule has 1 amide bonds. The van der Waals surface area contributed by atoms with E-state index in [1.54, 1.807) is 0 Å². The van der Waals surface area contributed by atoms with Gasteiger partial charge in [-0.25, -0.2) is 0 Å². The Morgan fingerprint density at radius 3 is 1.79 bits per heavy atom. The number of piperidine rings is 1. The Labute approximate surface area is 172 Å². The van der Waals surface area contributed by atoms with Gasteiger partial charge in [0.1, 0.15) is 0 Å². The molecule has 4 nitrogen and oxygen atoms in total. The lowest BCUT2D eigenvalue weighted by Gasteiger charge is -2.68. The number of likely N-dealkylation sites (tertiary alicyclic amines) is 3. The van der Waals surface area contributed by atoms with Crippen molar-refractivity contribution >= 4 is 5.91 Å². The van der Waals surface area contributed by atoms with E-state index in [1.165, 1.54) is 64.7 Å². The fourth-order valence-corrected chi connectivity index (χ4v) is 7.20. The van der Waals surface area contributed by atoms with Gasteiger partial charge in [0.15, 0.2) is 0 Å². The summed E-state index contributed by atoms with van der Waals surface area (Å²) >= 11 is 0. The van der Waals surface area contributed by atoms with Gasteiger partial charge >= 0.3 is 0 Å². The first-order valence-corrected chi connectivity index (χ1v) is 12.1. The van der Waals surface area contributed by atoms with Crippen molar-refractivity contribution in [3.05, 3.63) is 0 Å². The molecular formula is C24H41N3O. The molecule has 0 bridgehead atoms. The second kappa shape index (κ2) is 6.70. The van der Waals surface area contributed by atoms with Crippen LogP contribution in [0, 0.1) is 28.6 Å². The minimum atomic E-state index is 0.146. The first-order chi connectivity index (χ1) is 13.3. The van der Waals surface area contributed by atoms with Crippen molar-refractivity contribution < 1.29 is 4.79 Å².